The van der Waals surface area contributed by atoms with Gasteiger partial charge in [0, 0.05) is 4.47 Å². The van der Waals surface area contributed by atoms with Crippen molar-refractivity contribution in [1.29, 1.82) is 5.26 Å². The van der Waals surface area contributed by atoms with E-state index in [1.807, 2.05) is 6.07 Å². The fraction of sp³-hybridized carbons (Fsp3) is 0.133. The summed E-state index contributed by atoms with van der Waals surface area (Å²) in [5.41, 5.74) is 0.532. The molecule has 0 heterocycles. The molecule has 0 atom stereocenters. The fourth-order valence-electron chi connectivity index (χ4n) is 1.65. The number of benzene rings is 2. The van der Waals surface area contributed by atoms with Crippen molar-refractivity contribution in [3.8, 4) is 11.8 Å². The molecular formula is C15H12BrNO3S. The van der Waals surface area contributed by atoms with Gasteiger partial charge in [0.1, 0.15) is 12.4 Å². The van der Waals surface area contributed by atoms with Crippen LogP contribution in [0, 0.1) is 11.3 Å². The molecule has 0 spiro atoms. The van der Waals surface area contributed by atoms with Crippen LogP contribution in [0.25, 0.3) is 0 Å². The van der Waals surface area contributed by atoms with E-state index in [1.165, 1.54) is 0 Å². The lowest BCUT2D eigenvalue weighted by atomic mass is 10.2. The summed E-state index contributed by atoms with van der Waals surface area (Å²) < 4.78 is 30.4. The largest absolute Gasteiger partial charge is 0.493 e. The minimum atomic E-state index is -3.36. The molecule has 0 bridgehead atoms. The molecule has 2 aromatic carbocycles. The van der Waals surface area contributed by atoms with Crippen LogP contribution in [0.3, 0.4) is 0 Å². The highest BCUT2D eigenvalue weighted by atomic mass is 79.9. The topological polar surface area (TPSA) is 67.2 Å². The summed E-state index contributed by atoms with van der Waals surface area (Å²) in [7, 11) is -3.36. The third-order valence-electron chi connectivity index (χ3n) is 2.78. The van der Waals surface area contributed by atoms with Crippen molar-refractivity contribution in [2.24, 2.45) is 0 Å². The standard InChI is InChI=1S/C15H12BrNO3S/c16-13-3-7-15(8-4-13)21(18,19)10-9-20-14-5-1-12(11-17)2-6-14/h1-8H,9-10H2. The highest BCUT2D eigenvalue weighted by Gasteiger charge is 2.14. The van der Waals surface area contributed by atoms with Crippen LogP contribution in [-0.2, 0) is 9.84 Å². The van der Waals surface area contributed by atoms with Gasteiger partial charge in [0.15, 0.2) is 9.84 Å². The molecule has 0 N–H and O–H groups in total. The molecule has 0 fully saturated rings. The average molecular weight is 366 g/mol. The average Bonchev–Trinajstić information content (AvgIpc) is 2.48. The maximum absolute atomic E-state index is 12.1. The zero-order valence-corrected chi connectivity index (χ0v) is 13.4. The van der Waals surface area contributed by atoms with Gasteiger partial charge < -0.3 is 4.74 Å². The molecule has 6 heteroatoms. The van der Waals surface area contributed by atoms with E-state index in [0.29, 0.717) is 11.3 Å². The number of nitrogens with zero attached hydrogens (tertiary/aromatic N) is 1. The van der Waals surface area contributed by atoms with Gasteiger partial charge in [0.2, 0.25) is 0 Å². The Morgan fingerprint density at radius 2 is 1.67 bits per heavy atom. The Kier molecular flexibility index (Phi) is 4.99. The number of sulfone groups is 1. The summed E-state index contributed by atoms with van der Waals surface area (Å²) in [6, 6.07) is 15.0. The van der Waals surface area contributed by atoms with E-state index in [2.05, 4.69) is 15.9 Å². The van der Waals surface area contributed by atoms with E-state index >= 15 is 0 Å². The lowest BCUT2D eigenvalue weighted by molar-refractivity contribution is 0.341. The van der Waals surface area contributed by atoms with Gasteiger partial charge >= 0.3 is 0 Å². The summed E-state index contributed by atoms with van der Waals surface area (Å²) >= 11 is 3.26. The summed E-state index contributed by atoms with van der Waals surface area (Å²) in [5, 5.41) is 8.68. The molecule has 2 rings (SSSR count). The molecule has 0 saturated carbocycles. The van der Waals surface area contributed by atoms with Gasteiger partial charge in [-0.05, 0) is 48.5 Å². The Balaban J connectivity index is 1.95. The van der Waals surface area contributed by atoms with Crippen molar-refractivity contribution in [2.75, 3.05) is 12.4 Å². The fourth-order valence-corrected chi connectivity index (χ4v) is 3.01. The van der Waals surface area contributed by atoms with Crippen LogP contribution in [-0.4, -0.2) is 20.8 Å². The highest BCUT2D eigenvalue weighted by molar-refractivity contribution is 9.10. The van der Waals surface area contributed by atoms with E-state index in [0.717, 1.165) is 4.47 Å². The maximum Gasteiger partial charge on any atom is 0.181 e. The molecule has 0 aliphatic heterocycles. The molecule has 0 radical (unpaired) electrons. The van der Waals surface area contributed by atoms with Crippen molar-refractivity contribution in [1.82, 2.24) is 0 Å². The lowest BCUT2D eigenvalue weighted by Gasteiger charge is -2.07. The summed E-state index contributed by atoms with van der Waals surface area (Å²) in [6.45, 7) is 0.0598. The smallest absolute Gasteiger partial charge is 0.181 e. The minimum absolute atomic E-state index is 0.0598. The van der Waals surface area contributed by atoms with Gasteiger partial charge in [-0.2, -0.15) is 5.26 Å². The van der Waals surface area contributed by atoms with Crippen LogP contribution in [0.2, 0.25) is 0 Å². The van der Waals surface area contributed by atoms with Crippen LogP contribution >= 0.6 is 15.9 Å². The van der Waals surface area contributed by atoms with Crippen molar-refractivity contribution < 1.29 is 13.2 Å². The van der Waals surface area contributed by atoms with Crippen LogP contribution in [0.5, 0.6) is 5.75 Å². The summed E-state index contributed by atoms with van der Waals surface area (Å²) in [4.78, 5) is 0.272. The van der Waals surface area contributed by atoms with Crippen molar-refractivity contribution >= 4 is 25.8 Å². The van der Waals surface area contributed by atoms with Gasteiger partial charge in [-0.1, -0.05) is 15.9 Å². The number of rotatable bonds is 5. The molecule has 0 aliphatic rings. The first kappa shape index (κ1) is 15.5. The lowest BCUT2D eigenvalue weighted by Crippen LogP contribution is -2.14. The molecule has 0 aliphatic carbocycles. The number of hydrogen-bond acceptors (Lipinski definition) is 4. The summed E-state index contributed by atoms with van der Waals surface area (Å²) in [5.74, 6) is 0.439. The Hall–Kier alpha value is -1.84. The Bertz CT molecular complexity index is 747. The first-order chi connectivity index (χ1) is 10.0. The second kappa shape index (κ2) is 6.74. The van der Waals surface area contributed by atoms with Crippen molar-refractivity contribution in [3.05, 3.63) is 58.6 Å². The van der Waals surface area contributed by atoms with E-state index in [1.54, 1.807) is 48.5 Å². The van der Waals surface area contributed by atoms with Crippen molar-refractivity contribution in [3.63, 3.8) is 0 Å². The van der Waals surface area contributed by atoms with Crippen molar-refractivity contribution in [2.45, 2.75) is 4.90 Å². The molecule has 0 unspecified atom stereocenters. The van der Waals surface area contributed by atoms with E-state index in [-0.39, 0.29) is 17.3 Å². The molecule has 108 valence electrons. The zero-order valence-electron chi connectivity index (χ0n) is 11.0. The molecule has 4 nitrogen and oxygen atoms in total. The molecule has 0 aromatic heterocycles. The van der Waals surface area contributed by atoms with Crippen LogP contribution < -0.4 is 4.74 Å². The minimum Gasteiger partial charge on any atom is -0.493 e. The molecule has 0 amide bonds. The maximum atomic E-state index is 12.1. The second-order valence-corrected chi connectivity index (χ2v) is 7.28. The normalized spacial score (nSPS) is 10.9. The predicted molar refractivity (Wildman–Crippen MR) is 82.8 cm³/mol. The van der Waals surface area contributed by atoms with Crippen LogP contribution in [0.4, 0.5) is 0 Å². The molecular weight excluding hydrogens is 354 g/mol. The number of ether oxygens (including phenoxy) is 1. The van der Waals surface area contributed by atoms with Gasteiger partial charge in [-0.15, -0.1) is 0 Å². The SMILES string of the molecule is N#Cc1ccc(OCCS(=O)(=O)c2ccc(Br)cc2)cc1. The van der Waals surface area contributed by atoms with Crippen LogP contribution in [0.1, 0.15) is 5.56 Å². The predicted octanol–water partition coefficient (Wildman–Crippen LogP) is 3.17. The van der Waals surface area contributed by atoms with Gasteiger partial charge in [0.25, 0.3) is 0 Å². The monoisotopic (exact) mass is 365 g/mol. The number of halogens is 1. The van der Waals surface area contributed by atoms with Crippen LogP contribution in [0.15, 0.2) is 57.9 Å². The zero-order chi connectivity index (χ0) is 15.3. The Morgan fingerprint density at radius 1 is 1.05 bits per heavy atom. The first-order valence-corrected chi connectivity index (χ1v) is 8.57. The van der Waals surface area contributed by atoms with E-state index < -0.39 is 9.84 Å². The third-order valence-corrected chi connectivity index (χ3v) is 5.00. The Morgan fingerprint density at radius 3 is 2.24 bits per heavy atom. The molecule has 21 heavy (non-hydrogen) atoms. The number of nitriles is 1. The van der Waals surface area contributed by atoms with Gasteiger partial charge in [-0.3, -0.25) is 0 Å². The third kappa shape index (κ3) is 4.31. The van der Waals surface area contributed by atoms with E-state index in [9.17, 15) is 8.42 Å². The number of hydrogen-bond donors (Lipinski definition) is 0. The molecule has 0 saturated heterocycles. The summed E-state index contributed by atoms with van der Waals surface area (Å²) in [6.07, 6.45) is 0. The van der Waals surface area contributed by atoms with Gasteiger partial charge in [-0.25, -0.2) is 8.42 Å². The first-order valence-electron chi connectivity index (χ1n) is 6.12. The van der Waals surface area contributed by atoms with Gasteiger partial charge in [0.05, 0.1) is 22.3 Å². The quantitative estimate of drug-likeness (QED) is 0.815. The molecule has 2 aromatic rings. The second-order valence-electron chi connectivity index (χ2n) is 4.26. The highest BCUT2D eigenvalue weighted by Crippen LogP contribution is 2.17. The Labute approximate surface area is 132 Å². The van der Waals surface area contributed by atoms with E-state index in [4.69, 9.17) is 10.00 Å².